The second-order valence-electron chi connectivity index (χ2n) is 11.4. The summed E-state index contributed by atoms with van der Waals surface area (Å²) in [5, 5.41) is 13.4. The Morgan fingerprint density at radius 3 is 1.95 bits per heavy atom. The highest BCUT2D eigenvalue weighted by atomic mass is 31.2. The maximum Gasteiger partial charge on any atom is 0.472 e. The summed E-state index contributed by atoms with van der Waals surface area (Å²) in [7, 11) is -4.33. The van der Waals surface area contributed by atoms with Crippen LogP contribution in [0, 0.1) is 0 Å². The number of carbonyl (C=O) groups excluding carboxylic acids is 1. The van der Waals surface area contributed by atoms with Gasteiger partial charge in [-0.25, -0.2) is 4.57 Å². The van der Waals surface area contributed by atoms with Gasteiger partial charge in [-0.3, -0.25) is 13.8 Å². The Labute approximate surface area is 269 Å². The van der Waals surface area contributed by atoms with Crippen molar-refractivity contribution in [2.24, 2.45) is 5.73 Å². The molecule has 0 aliphatic rings. The highest BCUT2D eigenvalue weighted by molar-refractivity contribution is 7.47. The van der Waals surface area contributed by atoms with E-state index >= 15 is 0 Å². The lowest BCUT2D eigenvalue weighted by atomic mass is 10.1. The first kappa shape index (κ1) is 42.5. The number of aliphatic hydroxyl groups is 1. The molecule has 0 aromatic heterocycles. The molecule has 3 unspecified atom stereocenters. The molecule has 0 spiro atoms. The summed E-state index contributed by atoms with van der Waals surface area (Å²) in [4.78, 5) is 22.4. The zero-order valence-electron chi connectivity index (χ0n) is 27.9. The number of rotatable bonds is 31. The normalized spacial score (nSPS) is 15.1. The molecular weight excluding hydrogens is 575 g/mol. The number of phosphoric ester groups is 1. The van der Waals surface area contributed by atoms with E-state index in [2.05, 4.69) is 55.6 Å². The van der Waals surface area contributed by atoms with E-state index in [1.807, 2.05) is 6.08 Å². The van der Waals surface area contributed by atoms with E-state index in [1.54, 1.807) is 6.08 Å². The molecule has 0 radical (unpaired) electrons. The number of allylic oxidation sites excluding steroid dienone is 7. The molecule has 0 rings (SSSR count). The highest BCUT2D eigenvalue weighted by Crippen LogP contribution is 2.43. The molecule has 3 atom stereocenters. The lowest BCUT2D eigenvalue weighted by Gasteiger charge is -2.23. The molecule has 0 aliphatic carbocycles. The third kappa shape index (κ3) is 29.2. The molecule has 0 aromatic rings. The van der Waals surface area contributed by atoms with Gasteiger partial charge in [0.2, 0.25) is 5.91 Å². The summed E-state index contributed by atoms with van der Waals surface area (Å²) in [5.41, 5.74) is 5.32. The van der Waals surface area contributed by atoms with Gasteiger partial charge in [-0.1, -0.05) is 120 Å². The summed E-state index contributed by atoms with van der Waals surface area (Å²) in [5.74, 6) is -0.220. The van der Waals surface area contributed by atoms with E-state index in [9.17, 15) is 19.4 Å². The Kier molecular flexibility index (Phi) is 30.3. The number of phosphoric acid groups is 1. The second-order valence-corrected chi connectivity index (χ2v) is 12.8. The summed E-state index contributed by atoms with van der Waals surface area (Å²) in [6, 6.07) is -0.878. The molecule has 5 N–H and O–H groups in total. The van der Waals surface area contributed by atoms with Crippen molar-refractivity contribution in [1.82, 2.24) is 5.32 Å². The van der Waals surface area contributed by atoms with Crippen LogP contribution in [0.25, 0.3) is 0 Å². The molecule has 9 heteroatoms. The van der Waals surface area contributed by atoms with Crippen molar-refractivity contribution in [3.05, 3.63) is 48.6 Å². The van der Waals surface area contributed by atoms with E-state index < -0.39 is 20.0 Å². The first-order valence-corrected chi connectivity index (χ1v) is 18.8. The quantitative estimate of drug-likeness (QED) is 0.0339. The lowest BCUT2D eigenvalue weighted by Crippen LogP contribution is -2.45. The first-order chi connectivity index (χ1) is 21.4. The molecule has 8 nitrogen and oxygen atoms in total. The molecular formula is C35H65N2O6P. The number of unbranched alkanes of at least 4 members (excludes halogenated alkanes) is 13. The molecule has 0 saturated heterocycles. The van der Waals surface area contributed by atoms with Gasteiger partial charge in [0.15, 0.2) is 0 Å². The van der Waals surface area contributed by atoms with E-state index in [4.69, 9.17) is 14.8 Å². The topological polar surface area (TPSA) is 131 Å². The van der Waals surface area contributed by atoms with Gasteiger partial charge < -0.3 is 21.1 Å². The number of nitrogens with two attached hydrogens (primary N) is 1. The molecule has 0 fully saturated rings. The molecule has 0 aliphatic heterocycles. The van der Waals surface area contributed by atoms with Crippen LogP contribution in [0.3, 0.4) is 0 Å². The van der Waals surface area contributed by atoms with Gasteiger partial charge in [-0.05, 0) is 57.8 Å². The van der Waals surface area contributed by atoms with E-state index in [0.29, 0.717) is 6.42 Å². The van der Waals surface area contributed by atoms with Crippen LogP contribution in [0.4, 0.5) is 0 Å². The number of carbonyl (C=O) groups is 1. The van der Waals surface area contributed by atoms with E-state index in [1.165, 1.54) is 51.4 Å². The number of hydrogen-bond acceptors (Lipinski definition) is 6. The molecule has 256 valence electrons. The molecule has 0 heterocycles. The smallest absolute Gasteiger partial charge is 0.387 e. The zero-order valence-corrected chi connectivity index (χ0v) is 28.8. The Hall–Kier alpha value is -1.54. The molecule has 0 aromatic carbocycles. The van der Waals surface area contributed by atoms with Crippen molar-refractivity contribution in [2.45, 2.75) is 148 Å². The maximum atomic E-state index is 12.6. The van der Waals surface area contributed by atoms with Crippen LogP contribution in [-0.4, -0.2) is 47.8 Å². The predicted molar refractivity (Wildman–Crippen MR) is 184 cm³/mol. The predicted octanol–water partition coefficient (Wildman–Crippen LogP) is 8.60. The summed E-state index contributed by atoms with van der Waals surface area (Å²) >= 11 is 0. The van der Waals surface area contributed by atoms with Crippen LogP contribution in [-0.2, 0) is 18.4 Å². The minimum atomic E-state index is -4.33. The van der Waals surface area contributed by atoms with Gasteiger partial charge >= 0.3 is 7.82 Å². The number of aliphatic hydroxyl groups excluding tert-OH is 1. The van der Waals surface area contributed by atoms with Crippen molar-refractivity contribution < 1.29 is 28.4 Å². The highest BCUT2D eigenvalue weighted by Gasteiger charge is 2.26. The van der Waals surface area contributed by atoms with E-state index in [0.717, 1.165) is 64.2 Å². The minimum absolute atomic E-state index is 0.0703. The maximum absolute atomic E-state index is 12.6. The summed E-state index contributed by atoms with van der Waals surface area (Å²) in [6.45, 7) is 3.94. The first-order valence-electron chi connectivity index (χ1n) is 17.3. The Balaban J connectivity index is 4.24. The molecule has 44 heavy (non-hydrogen) atoms. The third-order valence-corrected chi connectivity index (χ3v) is 8.09. The Bertz CT molecular complexity index is 830. The number of nitrogens with one attached hydrogen (secondary N) is 1. The molecule has 1 amide bonds. The van der Waals surface area contributed by atoms with Crippen molar-refractivity contribution in [3.8, 4) is 0 Å². The monoisotopic (exact) mass is 640 g/mol. The second kappa shape index (κ2) is 31.4. The average molecular weight is 641 g/mol. The van der Waals surface area contributed by atoms with Crippen LogP contribution in [0.2, 0.25) is 0 Å². The fourth-order valence-electron chi connectivity index (χ4n) is 4.48. The van der Waals surface area contributed by atoms with E-state index in [-0.39, 0.29) is 25.7 Å². The van der Waals surface area contributed by atoms with Crippen molar-refractivity contribution in [1.29, 1.82) is 0 Å². The number of amides is 1. The molecule has 0 saturated carbocycles. The van der Waals surface area contributed by atoms with Crippen LogP contribution in [0.1, 0.15) is 136 Å². The van der Waals surface area contributed by atoms with Crippen LogP contribution >= 0.6 is 7.82 Å². The summed E-state index contributed by atoms with van der Waals surface area (Å²) < 4.78 is 21.9. The van der Waals surface area contributed by atoms with Crippen LogP contribution < -0.4 is 11.1 Å². The van der Waals surface area contributed by atoms with Crippen molar-refractivity contribution >= 4 is 13.7 Å². The number of hydrogen-bond donors (Lipinski definition) is 4. The van der Waals surface area contributed by atoms with Crippen LogP contribution in [0.5, 0.6) is 0 Å². The standard InChI is InChI=1S/C35H65N2O6P/c1-3-5-7-9-11-12-13-14-15-16-17-18-19-20-21-23-25-27-29-35(39)37-33(32-43-44(40,41)42-31-30-36)34(38)28-26-24-22-10-8-6-4-2/h8,10,12-13,15-16,26,28,33-34,38H,3-7,9,11,14,17-25,27,29-32,36H2,1-2H3,(H,37,39)(H,40,41)/b10-8+,13-12-,16-15-,28-26+. The Morgan fingerprint density at radius 1 is 0.750 bits per heavy atom. The molecule has 0 bridgehead atoms. The van der Waals surface area contributed by atoms with Gasteiger partial charge in [-0.2, -0.15) is 0 Å². The van der Waals surface area contributed by atoms with Gasteiger partial charge in [0.25, 0.3) is 0 Å². The third-order valence-electron chi connectivity index (χ3n) is 7.11. The minimum Gasteiger partial charge on any atom is -0.387 e. The fraction of sp³-hybridized carbons (Fsp3) is 0.743. The Morgan fingerprint density at radius 2 is 1.32 bits per heavy atom. The summed E-state index contributed by atoms with van der Waals surface area (Å²) in [6.07, 6.45) is 36.1. The fourth-order valence-corrected chi connectivity index (χ4v) is 5.24. The van der Waals surface area contributed by atoms with Crippen molar-refractivity contribution in [2.75, 3.05) is 19.8 Å². The van der Waals surface area contributed by atoms with Crippen LogP contribution in [0.15, 0.2) is 48.6 Å². The van der Waals surface area contributed by atoms with Gasteiger partial charge in [0.05, 0.1) is 25.4 Å². The largest absolute Gasteiger partial charge is 0.472 e. The lowest BCUT2D eigenvalue weighted by molar-refractivity contribution is -0.123. The zero-order chi connectivity index (χ0) is 32.6. The van der Waals surface area contributed by atoms with Crippen molar-refractivity contribution in [3.63, 3.8) is 0 Å². The van der Waals surface area contributed by atoms with Gasteiger partial charge in [0, 0.05) is 13.0 Å². The van der Waals surface area contributed by atoms with Gasteiger partial charge in [-0.15, -0.1) is 0 Å². The SMILES string of the molecule is CCC/C=C/CC/C=C/C(O)C(COP(=O)(O)OCCN)NC(=O)CCCCCCCCC/C=C\C/C=C\CCCCCC. The average Bonchev–Trinajstić information content (AvgIpc) is 3.01. The van der Waals surface area contributed by atoms with Gasteiger partial charge in [0.1, 0.15) is 0 Å².